The molecule has 0 radical (unpaired) electrons. The van der Waals surface area contributed by atoms with E-state index in [1.54, 1.807) is 6.07 Å². The second kappa shape index (κ2) is 7.02. The molecule has 1 aromatic rings. The van der Waals surface area contributed by atoms with Crippen molar-refractivity contribution in [3.8, 4) is 5.75 Å². The average Bonchev–Trinajstić information content (AvgIpc) is 2.35. The second-order valence-electron chi connectivity index (χ2n) is 4.27. The van der Waals surface area contributed by atoms with Crippen molar-refractivity contribution in [1.29, 1.82) is 0 Å². The van der Waals surface area contributed by atoms with Gasteiger partial charge in [0.15, 0.2) is 5.75 Å². The minimum absolute atomic E-state index is 0.0194. The van der Waals surface area contributed by atoms with Crippen LogP contribution >= 0.6 is 0 Å². The van der Waals surface area contributed by atoms with Crippen LogP contribution in [0.4, 0.5) is 18.9 Å². The number of hydrogen-bond acceptors (Lipinski definition) is 3. The fraction of sp³-hybridized carbons (Fsp3) is 0.462. The number of para-hydroxylation sites is 2. The van der Waals surface area contributed by atoms with E-state index in [-0.39, 0.29) is 29.9 Å². The van der Waals surface area contributed by atoms with Crippen LogP contribution in [0.5, 0.6) is 5.75 Å². The molecule has 1 aromatic carbocycles. The van der Waals surface area contributed by atoms with Crippen molar-refractivity contribution in [1.82, 2.24) is 5.32 Å². The molecule has 0 saturated carbocycles. The molecule has 0 fully saturated rings. The van der Waals surface area contributed by atoms with Gasteiger partial charge in [0.05, 0.1) is 12.2 Å². The normalized spacial score (nSPS) is 12.7. The van der Waals surface area contributed by atoms with Gasteiger partial charge < -0.3 is 15.4 Å². The van der Waals surface area contributed by atoms with Gasteiger partial charge in [-0.25, -0.2) is 0 Å². The maximum atomic E-state index is 12.2. The second-order valence-corrected chi connectivity index (χ2v) is 4.27. The summed E-state index contributed by atoms with van der Waals surface area (Å²) in [5.41, 5.74) is 0.115. The van der Waals surface area contributed by atoms with Crippen LogP contribution in [0.3, 0.4) is 0 Å². The molecule has 4 nitrogen and oxygen atoms in total. The molecule has 7 heteroatoms. The number of alkyl halides is 3. The van der Waals surface area contributed by atoms with Crippen LogP contribution in [0.25, 0.3) is 0 Å². The van der Waals surface area contributed by atoms with E-state index in [4.69, 9.17) is 0 Å². The Hall–Kier alpha value is -1.92. The summed E-state index contributed by atoms with van der Waals surface area (Å²) in [7, 11) is 0. The van der Waals surface area contributed by atoms with E-state index >= 15 is 0 Å². The van der Waals surface area contributed by atoms with Gasteiger partial charge in [-0.3, -0.25) is 4.79 Å². The van der Waals surface area contributed by atoms with Gasteiger partial charge in [-0.15, -0.1) is 13.2 Å². The Morgan fingerprint density at radius 1 is 1.35 bits per heavy atom. The third-order valence-electron chi connectivity index (χ3n) is 2.57. The Kier molecular flexibility index (Phi) is 5.66. The zero-order chi connectivity index (χ0) is 15.2. The summed E-state index contributed by atoms with van der Waals surface area (Å²) in [4.78, 5) is 11.5. The number of halogens is 3. The number of hydrogen-bond donors (Lipinski definition) is 2. The van der Waals surface area contributed by atoms with E-state index in [9.17, 15) is 18.0 Å². The molecule has 0 bridgehead atoms. The fourth-order valence-corrected chi connectivity index (χ4v) is 1.43. The zero-order valence-corrected chi connectivity index (χ0v) is 11.3. The largest absolute Gasteiger partial charge is 0.573 e. The van der Waals surface area contributed by atoms with E-state index in [0.29, 0.717) is 0 Å². The van der Waals surface area contributed by atoms with Crippen LogP contribution in [-0.2, 0) is 4.79 Å². The van der Waals surface area contributed by atoms with Crippen molar-refractivity contribution in [2.24, 2.45) is 0 Å². The first-order valence-electron chi connectivity index (χ1n) is 6.20. The molecule has 0 aromatic heterocycles. The first-order valence-corrected chi connectivity index (χ1v) is 6.20. The quantitative estimate of drug-likeness (QED) is 0.847. The van der Waals surface area contributed by atoms with Gasteiger partial charge in [0.25, 0.3) is 0 Å². The summed E-state index contributed by atoms with van der Waals surface area (Å²) in [6, 6.07) is 5.59. The topological polar surface area (TPSA) is 50.4 Å². The molecule has 20 heavy (non-hydrogen) atoms. The fourth-order valence-electron chi connectivity index (χ4n) is 1.43. The van der Waals surface area contributed by atoms with Crippen LogP contribution in [0.2, 0.25) is 0 Å². The predicted molar refractivity (Wildman–Crippen MR) is 69.5 cm³/mol. The lowest BCUT2D eigenvalue weighted by Gasteiger charge is -2.15. The first-order chi connectivity index (χ1) is 9.31. The number of benzene rings is 1. The molecule has 0 saturated heterocycles. The van der Waals surface area contributed by atoms with Crippen molar-refractivity contribution < 1.29 is 22.7 Å². The average molecular weight is 290 g/mol. The lowest BCUT2D eigenvalue weighted by Crippen LogP contribution is -2.36. The van der Waals surface area contributed by atoms with Crippen LogP contribution in [0.15, 0.2) is 24.3 Å². The minimum atomic E-state index is -4.77. The number of amides is 1. The van der Waals surface area contributed by atoms with Gasteiger partial charge in [0, 0.05) is 6.04 Å². The van der Waals surface area contributed by atoms with E-state index in [1.807, 2.05) is 13.8 Å². The van der Waals surface area contributed by atoms with Gasteiger partial charge >= 0.3 is 6.36 Å². The van der Waals surface area contributed by atoms with Crippen LogP contribution in [0, 0.1) is 0 Å². The third kappa shape index (κ3) is 5.81. The molecule has 2 N–H and O–H groups in total. The summed E-state index contributed by atoms with van der Waals surface area (Å²) in [5, 5.41) is 5.33. The Morgan fingerprint density at radius 2 is 2.00 bits per heavy atom. The molecular formula is C13H17F3N2O2. The van der Waals surface area contributed by atoms with Gasteiger partial charge in [-0.05, 0) is 25.5 Å². The maximum absolute atomic E-state index is 12.2. The monoisotopic (exact) mass is 290 g/mol. The van der Waals surface area contributed by atoms with E-state index in [1.165, 1.54) is 18.2 Å². The number of anilines is 1. The summed E-state index contributed by atoms with van der Waals surface area (Å²) >= 11 is 0. The molecule has 0 aliphatic rings. The SMILES string of the molecule is CCC(C)NC(=O)CNc1ccccc1OC(F)(F)F. The summed E-state index contributed by atoms with van der Waals surface area (Å²) in [5.74, 6) is -0.655. The summed E-state index contributed by atoms with van der Waals surface area (Å²) < 4.78 is 40.5. The molecule has 1 amide bonds. The number of ether oxygens (including phenoxy) is 1. The van der Waals surface area contributed by atoms with Crippen molar-refractivity contribution in [2.45, 2.75) is 32.7 Å². The molecule has 1 unspecified atom stereocenters. The summed E-state index contributed by atoms with van der Waals surface area (Å²) in [6.45, 7) is 3.64. The predicted octanol–water partition coefficient (Wildman–Crippen LogP) is 2.91. The Bertz CT molecular complexity index is 449. The third-order valence-corrected chi connectivity index (χ3v) is 2.57. The van der Waals surface area contributed by atoms with Crippen molar-refractivity contribution in [3.63, 3.8) is 0 Å². The number of rotatable bonds is 6. The highest BCUT2D eigenvalue weighted by atomic mass is 19.4. The Labute approximate surface area is 115 Å². The highest BCUT2D eigenvalue weighted by molar-refractivity contribution is 5.81. The van der Waals surface area contributed by atoms with Gasteiger partial charge in [-0.2, -0.15) is 0 Å². The Balaban J connectivity index is 2.62. The van der Waals surface area contributed by atoms with Crippen molar-refractivity contribution in [3.05, 3.63) is 24.3 Å². The molecular weight excluding hydrogens is 273 g/mol. The van der Waals surface area contributed by atoms with Crippen LogP contribution < -0.4 is 15.4 Å². The van der Waals surface area contributed by atoms with Crippen LogP contribution in [0.1, 0.15) is 20.3 Å². The summed E-state index contributed by atoms with van der Waals surface area (Å²) in [6.07, 6.45) is -3.99. The molecule has 0 spiro atoms. The Morgan fingerprint density at radius 3 is 2.60 bits per heavy atom. The lowest BCUT2D eigenvalue weighted by molar-refractivity contribution is -0.274. The lowest BCUT2D eigenvalue weighted by atomic mass is 10.2. The molecule has 112 valence electrons. The molecule has 0 aliphatic carbocycles. The molecule has 0 heterocycles. The van der Waals surface area contributed by atoms with Gasteiger partial charge in [0.2, 0.25) is 5.91 Å². The standard InChI is InChI=1S/C13H17F3N2O2/c1-3-9(2)18-12(19)8-17-10-6-4-5-7-11(10)20-13(14,15)16/h4-7,9,17H,3,8H2,1-2H3,(H,18,19). The molecule has 0 aliphatic heterocycles. The van der Waals surface area contributed by atoms with Crippen molar-refractivity contribution in [2.75, 3.05) is 11.9 Å². The van der Waals surface area contributed by atoms with E-state index in [0.717, 1.165) is 6.42 Å². The van der Waals surface area contributed by atoms with E-state index < -0.39 is 6.36 Å². The maximum Gasteiger partial charge on any atom is 0.573 e. The van der Waals surface area contributed by atoms with Gasteiger partial charge in [0.1, 0.15) is 0 Å². The number of carbonyl (C=O) groups excluding carboxylic acids is 1. The first kappa shape index (κ1) is 16.1. The molecule has 1 atom stereocenters. The highest BCUT2D eigenvalue weighted by Crippen LogP contribution is 2.29. The van der Waals surface area contributed by atoms with Gasteiger partial charge in [-0.1, -0.05) is 19.1 Å². The zero-order valence-electron chi connectivity index (χ0n) is 11.3. The number of nitrogens with one attached hydrogen (secondary N) is 2. The number of carbonyl (C=O) groups is 1. The molecule has 1 rings (SSSR count). The van der Waals surface area contributed by atoms with Crippen molar-refractivity contribution >= 4 is 11.6 Å². The highest BCUT2D eigenvalue weighted by Gasteiger charge is 2.32. The minimum Gasteiger partial charge on any atom is -0.404 e. The van der Waals surface area contributed by atoms with E-state index in [2.05, 4.69) is 15.4 Å². The smallest absolute Gasteiger partial charge is 0.404 e. The van der Waals surface area contributed by atoms with Crippen LogP contribution in [-0.4, -0.2) is 24.9 Å².